The Morgan fingerprint density at radius 1 is 1.00 bits per heavy atom. The molecule has 21 heavy (non-hydrogen) atoms. The maximum absolute atomic E-state index is 12.1. The molecule has 0 heterocycles. The zero-order chi connectivity index (χ0) is 15.4. The van der Waals surface area contributed by atoms with Crippen LogP contribution in [0.5, 0.6) is 5.75 Å². The highest BCUT2D eigenvalue weighted by Crippen LogP contribution is 2.19. The van der Waals surface area contributed by atoms with Gasteiger partial charge >= 0.3 is 5.97 Å². The van der Waals surface area contributed by atoms with Crippen molar-refractivity contribution in [3.63, 3.8) is 0 Å². The minimum atomic E-state index is -0.415. The van der Waals surface area contributed by atoms with Crippen LogP contribution in [-0.2, 0) is 4.79 Å². The average Bonchev–Trinajstić information content (AvgIpc) is 2.37. The number of ether oxygens (including phenoxy) is 1. The highest BCUT2D eigenvalue weighted by molar-refractivity contribution is 5.92. The number of nitrogens with one attached hydrogen (secondary N) is 1. The number of aryl methyl sites for hydroxylation is 2. The van der Waals surface area contributed by atoms with Gasteiger partial charge in [-0.3, -0.25) is 4.79 Å². The SMILES string of the molecule is CC(=O)Nc1cccc(OC(=O)c2cc(C)cc(C)c2)c1. The normalized spacial score (nSPS) is 10.0. The van der Waals surface area contributed by atoms with E-state index in [0.29, 0.717) is 17.0 Å². The van der Waals surface area contributed by atoms with Gasteiger partial charge in [0, 0.05) is 18.7 Å². The Labute approximate surface area is 123 Å². The molecule has 0 spiro atoms. The van der Waals surface area contributed by atoms with Gasteiger partial charge < -0.3 is 10.1 Å². The molecule has 0 fully saturated rings. The molecule has 0 saturated heterocycles. The number of hydrogen-bond donors (Lipinski definition) is 1. The smallest absolute Gasteiger partial charge is 0.343 e. The predicted molar refractivity (Wildman–Crippen MR) is 81.6 cm³/mol. The molecule has 108 valence electrons. The van der Waals surface area contributed by atoms with Gasteiger partial charge in [-0.15, -0.1) is 0 Å². The van der Waals surface area contributed by atoms with Crippen molar-refractivity contribution in [3.8, 4) is 5.75 Å². The molecule has 0 unspecified atom stereocenters. The molecule has 0 saturated carbocycles. The number of rotatable bonds is 3. The molecule has 0 aliphatic heterocycles. The maximum atomic E-state index is 12.1. The summed E-state index contributed by atoms with van der Waals surface area (Å²) in [5.41, 5.74) is 3.12. The van der Waals surface area contributed by atoms with Crippen molar-refractivity contribution in [2.45, 2.75) is 20.8 Å². The number of benzene rings is 2. The van der Waals surface area contributed by atoms with Crippen molar-refractivity contribution in [2.75, 3.05) is 5.32 Å². The van der Waals surface area contributed by atoms with Gasteiger partial charge in [-0.2, -0.15) is 0 Å². The van der Waals surface area contributed by atoms with Gasteiger partial charge in [0.15, 0.2) is 0 Å². The molecule has 0 aliphatic rings. The minimum absolute atomic E-state index is 0.173. The standard InChI is InChI=1S/C17H17NO3/c1-11-7-12(2)9-14(8-11)17(20)21-16-6-4-5-15(10-16)18-13(3)19/h4-10H,1-3H3,(H,18,19). The lowest BCUT2D eigenvalue weighted by Crippen LogP contribution is -2.10. The molecule has 0 aromatic heterocycles. The van der Waals surface area contributed by atoms with E-state index in [1.807, 2.05) is 19.9 Å². The van der Waals surface area contributed by atoms with Gasteiger partial charge in [0.25, 0.3) is 0 Å². The van der Waals surface area contributed by atoms with Gasteiger partial charge in [0.1, 0.15) is 5.75 Å². The van der Waals surface area contributed by atoms with E-state index in [-0.39, 0.29) is 5.91 Å². The predicted octanol–water partition coefficient (Wildman–Crippen LogP) is 3.48. The van der Waals surface area contributed by atoms with Crippen LogP contribution >= 0.6 is 0 Å². The first-order chi connectivity index (χ1) is 9.94. The molecule has 0 bridgehead atoms. The Balaban J connectivity index is 2.17. The van der Waals surface area contributed by atoms with Crippen LogP contribution in [0.1, 0.15) is 28.4 Å². The summed E-state index contributed by atoms with van der Waals surface area (Å²) in [6, 6.07) is 12.3. The molecule has 1 N–H and O–H groups in total. The largest absolute Gasteiger partial charge is 0.423 e. The third-order valence-corrected chi connectivity index (χ3v) is 2.82. The maximum Gasteiger partial charge on any atom is 0.343 e. The Bertz CT molecular complexity index is 672. The van der Waals surface area contributed by atoms with Gasteiger partial charge in [0.2, 0.25) is 5.91 Å². The van der Waals surface area contributed by atoms with E-state index in [1.165, 1.54) is 6.92 Å². The Hall–Kier alpha value is -2.62. The highest BCUT2D eigenvalue weighted by atomic mass is 16.5. The first-order valence-electron chi connectivity index (χ1n) is 6.62. The molecule has 2 rings (SSSR count). The van der Waals surface area contributed by atoms with E-state index in [1.54, 1.807) is 36.4 Å². The van der Waals surface area contributed by atoms with Crippen molar-refractivity contribution in [3.05, 3.63) is 59.2 Å². The number of amides is 1. The lowest BCUT2D eigenvalue weighted by molar-refractivity contribution is -0.114. The molecule has 0 radical (unpaired) electrons. The molecular formula is C17H17NO3. The average molecular weight is 283 g/mol. The number of hydrogen-bond acceptors (Lipinski definition) is 3. The fraction of sp³-hybridized carbons (Fsp3) is 0.176. The van der Waals surface area contributed by atoms with Crippen LogP contribution in [0.2, 0.25) is 0 Å². The summed E-state index contributed by atoms with van der Waals surface area (Å²) in [6.45, 7) is 5.29. The number of carbonyl (C=O) groups is 2. The molecule has 1 amide bonds. The zero-order valence-electron chi connectivity index (χ0n) is 12.3. The lowest BCUT2D eigenvalue weighted by Gasteiger charge is -2.08. The Morgan fingerprint density at radius 3 is 2.29 bits per heavy atom. The second kappa shape index (κ2) is 6.22. The second-order valence-corrected chi connectivity index (χ2v) is 4.97. The third kappa shape index (κ3) is 4.18. The summed E-state index contributed by atoms with van der Waals surface area (Å²) >= 11 is 0. The number of carbonyl (C=O) groups excluding carboxylic acids is 2. The Morgan fingerprint density at radius 2 is 1.67 bits per heavy atom. The first kappa shape index (κ1) is 14.8. The van der Waals surface area contributed by atoms with Crippen LogP contribution in [-0.4, -0.2) is 11.9 Å². The number of anilines is 1. The summed E-state index contributed by atoms with van der Waals surface area (Å²) in [7, 11) is 0. The monoisotopic (exact) mass is 283 g/mol. The van der Waals surface area contributed by atoms with E-state index >= 15 is 0 Å². The number of esters is 1. The van der Waals surface area contributed by atoms with Crippen molar-refractivity contribution in [1.82, 2.24) is 0 Å². The molecule has 4 heteroatoms. The summed E-state index contributed by atoms with van der Waals surface area (Å²) in [6.07, 6.45) is 0. The zero-order valence-corrected chi connectivity index (χ0v) is 12.3. The fourth-order valence-corrected chi connectivity index (χ4v) is 2.10. The van der Waals surface area contributed by atoms with Gasteiger partial charge in [0.05, 0.1) is 5.56 Å². The summed E-state index contributed by atoms with van der Waals surface area (Å²) in [5, 5.41) is 2.65. The van der Waals surface area contributed by atoms with E-state index in [0.717, 1.165) is 11.1 Å². The van der Waals surface area contributed by atoms with Gasteiger partial charge in [-0.05, 0) is 38.1 Å². The first-order valence-corrected chi connectivity index (χ1v) is 6.62. The Kier molecular flexibility index (Phi) is 4.38. The van der Waals surface area contributed by atoms with Gasteiger partial charge in [-0.1, -0.05) is 23.3 Å². The molecule has 4 nitrogen and oxygen atoms in total. The van der Waals surface area contributed by atoms with Crippen LogP contribution < -0.4 is 10.1 Å². The molecule has 0 atom stereocenters. The van der Waals surface area contributed by atoms with Crippen molar-refractivity contribution in [1.29, 1.82) is 0 Å². The van der Waals surface area contributed by atoms with Crippen LogP contribution in [0.3, 0.4) is 0 Å². The van der Waals surface area contributed by atoms with E-state index in [2.05, 4.69) is 5.32 Å². The van der Waals surface area contributed by atoms with Crippen LogP contribution in [0.4, 0.5) is 5.69 Å². The van der Waals surface area contributed by atoms with Crippen molar-refractivity contribution in [2.24, 2.45) is 0 Å². The minimum Gasteiger partial charge on any atom is -0.423 e. The van der Waals surface area contributed by atoms with Crippen LogP contribution in [0, 0.1) is 13.8 Å². The quantitative estimate of drug-likeness (QED) is 0.693. The van der Waals surface area contributed by atoms with E-state index in [9.17, 15) is 9.59 Å². The van der Waals surface area contributed by atoms with E-state index < -0.39 is 5.97 Å². The molecule has 2 aromatic rings. The van der Waals surface area contributed by atoms with Crippen molar-refractivity contribution < 1.29 is 14.3 Å². The van der Waals surface area contributed by atoms with Crippen LogP contribution in [0.15, 0.2) is 42.5 Å². The summed E-state index contributed by atoms with van der Waals surface area (Å²) in [4.78, 5) is 23.2. The summed E-state index contributed by atoms with van der Waals surface area (Å²) < 4.78 is 5.34. The third-order valence-electron chi connectivity index (χ3n) is 2.82. The summed E-state index contributed by atoms with van der Waals surface area (Å²) in [5.74, 6) is -0.194. The highest BCUT2D eigenvalue weighted by Gasteiger charge is 2.10. The van der Waals surface area contributed by atoms with Gasteiger partial charge in [-0.25, -0.2) is 4.79 Å². The lowest BCUT2D eigenvalue weighted by atomic mass is 10.1. The molecule has 2 aromatic carbocycles. The van der Waals surface area contributed by atoms with Crippen LogP contribution in [0.25, 0.3) is 0 Å². The molecular weight excluding hydrogens is 266 g/mol. The topological polar surface area (TPSA) is 55.4 Å². The fourth-order valence-electron chi connectivity index (χ4n) is 2.10. The molecule has 0 aliphatic carbocycles. The second-order valence-electron chi connectivity index (χ2n) is 4.97. The van der Waals surface area contributed by atoms with E-state index in [4.69, 9.17) is 4.74 Å². The van der Waals surface area contributed by atoms with Crippen molar-refractivity contribution >= 4 is 17.6 Å².